The Hall–Kier alpha value is -3.14. The Bertz CT molecular complexity index is 1140. The lowest BCUT2D eigenvalue weighted by Gasteiger charge is -2.35. The van der Waals surface area contributed by atoms with E-state index in [0.717, 1.165) is 46.4 Å². The van der Waals surface area contributed by atoms with Gasteiger partial charge in [0.1, 0.15) is 5.65 Å². The molecule has 0 unspecified atom stereocenters. The minimum absolute atomic E-state index is 0.0435. The van der Waals surface area contributed by atoms with E-state index in [1.807, 2.05) is 19.5 Å². The SMILES string of the molecule is C=C1NCC(C)(C)c2cc(-c3c[nH]c4nccc(/C(C=NC)=C/CC)c34)ccc21. The van der Waals surface area contributed by atoms with Gasteiger partial charge in [-0.15, -0.1) is 0 Å². The average molecular weight is 385 g/mol. The zero-order chi connectivity index (χ0) is 20.6. The Balaban J connectivity index is 1.95. The van der Waals surface area contributed by atoms with Crippen molar-refractivity contribution in [2.24, 2.45) is 4.99 Å². The summed E-state index contributed by atoms with van der Waals surface area (Å²) in [6.07, 6.45) is 9.02. The van der Waals surface area contributed by atoms with Gasteiger partial charge in [0.05, 0.1) is 0 Å². The van der Waals surface area contributed by atoms with Gasteiger partial charge in [0, 0.05) is 59.8 Å². The molecular weight excluding hydrogens is 356 g/mol. The molecule has 0 spiro atoms. The van der Waals surface area contributed by atoms with E-state index in [1.165, 1.54) is 16.7 Å². The Labute approximate surface area is 172 Å². The van der Waals surface area contributed by atoms with Crippen LogP contribution in [0.3, 0.4) is 0 Å². The maximum Gasteiger partial charge on any atom is 0.138 e. The summed E-state index contributed by atoms with van der Waals surface area (Å²) in [6, 6.07) is 8.77. The minimum atomic E-state index is 0.0435. The van der Waals surface area contributed by atoms with Crippen molar-refractivity contribution in [2.75, 3.05) is 13.6 Å². The van der Waals surface area contributed by atoms with Crippen molar-refractivity contribution in [1.29, 1.82) is 0 Å². The molecule has 2 N–H and O–H groups in total. The van der Waals surface area contributed by atoms with Gasteiger partial charge in [0.15, 0.2) is 0 Å². The number of hydrogen-bond donors (Lipinski definition) is 2. The van der Waals surface area contributed by atoms with Crippen LogP contribution >= 0.6 is 0 Å². The van der Waals surface area contributed by atoms with Crippen LogP contribution in [0, 0.1) is 0 Å². The summed E-state index contributed by atoms with van der Waals surface area (Å²) >= 11 is 0. The molecule has 0 saturated heterocycles. The van der Waals surface area contributed by atoms with Gasteiger partial charge in [-0.3, -0.25) is 4.99 Å². The average Bonchev–Trinajstić information content (AvgIpc) is 3.15. The van der Waals surface area contributed by atoms with Crippen molar-refractivity contribution in [2.45, 2.75) is 32.6 Å². The maximum absolute atomic E-state index is 4.57. The first-order chi connectivity index (χ1) is 14.0. The highest BCUT2D eigenvalue weighted by atomic mass is 14.9. The molecule has 148 valence electrons. The maximum atomic E-state index is 4.57. The van der Waals surface area contributed by atoms with Crippen molar-refractivity contribution in [3.05, 3.63) is 66.0 Å². The van der Waals surface area contributed by atoms with Crippen LogP contribution in [0.1, 0.15) is 43.9 Å². The van der Waals surface area contributed by atoms with Crippen LogP contribution in [-0.4, -0.2) is 29.8 Å². The fraction of sp³-hybridized carbons (Fsp3) is 0.280. The number of nitrogens with one attached hydrogen (secondary N) is 2. The number of aliphatic imine (C=N–C) groups is 1. The molecule has 29 heavy (non-hydrogen) atoms. The minimum Gasteiger partial charge on any atom is -0.384 e. The number of hydrogen-bond acceptors (Lipinski definition) is 3. The van der Waals surface area contributed by atoms with Gasteiger partial charge in [-0.2, -0.15) is 0 Å². The second-order valence-electron chi connectivity index (χ2n) is 8.22. The molecule has 1 aliphatic rings. The van der Waals surface area contributed by atoms with E-state index >= 15 is 0 Å². The van der Waals surface area contributed by atoms with Gasteiger partial charge in [-0.25, -0.2) is 4.98 Å². The highest BCUT2D eigenvalue weighted by Gasteiger charge is 2.29. The summed E-state index contributed by atoms with van der Waals surface area (Å²) in [5.41, 5.74) is 9.11. The first-order valence-corrected chi connectivity index (χ1v) is 10.1. The number of aromatic nitrogens is 2. The van der Waals surface area contributed by atoms with Gasteiger partial charge in [0.25, 0.3) is 0 Å². The summed E-state index contributed by atoms with van der Waals surface area (Å²) in [6.45, 7) is 11.8. The third kappa shape index (κ3) is 3.29. The molecule has 4 nitrogen and oxygen atoms in total. The Kier molecular flexibility index (Phi) is 4.87. The van der Waals surface area contributed by atoms with E-state index < -0.39 is 0 Å². The molecule has 0 atom stereocenters. The van der Waals surface area contributed by atoms with Crippen LogP contribution in [0.5, 0.6) is 0 Å². The fourth-order valence-corrected chi connectivity index (χ4v) is 4.17. The first-order valence-electron chi connectivity index (χ1n) is 10.1. The van der Waals surface area contributed by atoms with Crippen molar-refractivity contribution >= 4 is 28.5 Å². The Morgan fingerprint density at radius 3 is 2.86 bits per heavy atom. The fourth-order valence-electron chi connectivity index (χ4n) is 4.17. The van der Waals surface area contributed by atoms with Crippen LogP contribution in [0.25, 0.3) is 33.4 Å². The van der Waals surface area contributed by atoms with Gasteiger partial charge >= 0.3 is 0 Å². The predicted octanol–water partition coefficient (Wildman–Crippen LogP) is 5.58. The van der Waals surface area contributed by atoms with E-state index in [9.17, 15) is 0 Å². The molecule has 4 rings (SSSR count). The largest absolute Gasteiger partial charge is 0.384 e. The van der Waals surface area contributed by atoms with E-state index in [2.05, 4.69) is 84.2 Å². The lowest BCUT2D eigenvalue weighted by Crippen LogP contribution is -2.37. The second kappa shape index (κ2) is 7.36. The quantitative estimate of drug-likeness (QED) is 0.577. The highest BCUT2D eigenvalue weighted by molar-refractivity contribution is 6.16. The summed E-state index contributed by atoms with van der Waals surface area (Å²) < 4.78 is 0. The number of nitrogens with zero attached hydrogens (tertiary/aromatic N) is 2. The summed E-state index contributed by atoms with van der Waals surface area (Å²) in [5.74, 6) is 0. The molecule has 2 aromatic heterocycles. The lowest BCUT2D eigenvalue weighted by atomic mass is 9.77. The van der Waals surface area contributed by atoms with Crippen LogP contribution in [0.15, 0.2) is 54.3 Å². The summed E-state index contributed by atoms with van der Waals surface area (Å²) in [7, 11) is 1.81. The molecule has 0 saturated carbocycles. The normalized spacial score (nSPS) is 16.3. The third-order valence-corrected chi connectivity index (χ3v) is 5.71. The van der Waals surface area contributed by atoms with E-state index in [0.29, 0.717) is 0 Å². The topological polar surface area (TPSA) is 53.1 Å². The molecule has 1 aromatic carbocycles. The molecule has 4 heteroatoms. The molecule has 0 fully saturated rings. The number of fused-ring (bicyclic) bond motifs is 2. The molecule has 1 aliphatic heterocycles. The number of allylic oxidation sites excluding steroid dienone is 2. The number of benzene rings is 1. The lowest BCUT2D eigenvalue weighted by molar-refractivity contribution is 0.493. The number of pyridine rings is 1. The van der Waals surface area contributed by atoms with E-state index in [-0.39, 0.29) is 5.41 Å². The molecule has 0 radical (unpaired) electrons. The van der Waals surface area contributed by atoms with Crippen molar-refractivity contribution in [1.82, 2.24) is 15.3 Å². The van der Waals surface area contributed by atoms with Gasteiger partial charge < -0.3 is 10.3 Å². The zero-order valence-electron chi connectivity index (χ0n) is 17.6. The number of aromatic amines is 1. The molecule has 0 bridgehead atoms. The van der Waals surface area contributed by atoms with Crippen LogP contribution < -0.4 is 5.32 Å². The monoisotopic (exact) mass is 384 g/mol. The van der Waals surface area contributed by atoms with Crippen molar-refractivity contribution < 1.29 is 0 Å². The van der Waals surface area contributed by atoms with E-state index in [4.69, 9.17) is 0 Å². The number of H-pyrrole nitrogens is 1. The van der Waals surface area contributed by atoms with Crippen LogP contribution in [0.2, 0.25) is 0 Å². The smallest absolute Gasteiger partial charge is 0.138 e. The predicted molar refractivity (Wildman–Crippen MR) is 124 cm³/mol. The van der Waals surface area contributed by atoms with Crippen molar-refractivity contribution in [3.8, 4) is 11.1 Å². The van der Waals surface area contributed by atoms with Gasteiger partial charge in [-0.05, 0) is 40.8 Å². The second-order valence-corrected chi connectivity index (χ2v) is 8.22. The van der Waals surface area contributed by atoms with E-state index in [1.54, 1.807) is 0 Å². The summed E-state index contributed by atoms with van der Waals surface area (Å²) in [5, 5.41) is 4.57. The zero-order valence-corrected chi connectivity index (χ0v) is 17.6. The molecule has 3 aromatic rings. The molecule has 3 heterocycles. The number of rotatable bonds is 4. The highest BCUT2D eigenvalue weighted by Crippen LogP contribution is 2.39. The van der Waals surface area contributed by atoms with Gasteiger partial charge in [-0.1, -0.05) is 45.6 Å². The Morgan fingerprint density at radius 1 is 1.28 bits per heavy atom. The first kappa shape index (κ1) is 19.2. The standard InChI is InChI=1S/C25H28N4/c1-6-7-18(13-26-5)20-10-11-27-24-23(20)21(14-28-24)17-8-9-19-16(2)29-15-25(3,4)22(19)12-17/h7-14,29H,2,6,15H2,1,3-5H3,(H,27,28)/b18-7+,26-13?. The van der Waals surface area contributed by atoms with Crippen LogP contribution in [0.4, 0.5) is 0 Å². The van der Waals surface area contributed by atoms with Crippen molar-refractivity contribution in [3.63, 3.8) is 0 Å². The molecule has 0 amide bonds. The molecular formula is C25H28N4. The van der Waals surface area contributed by atoms with Crippen LogP contribution in [-0.2, 0) is 5.41 Å². The van der Waals surface area contributed by atoms with Gasteiger partial charge in [0.2, 0.25) is 0 Å². The Morgan fingerprint density at radius 2 is 2.10 bits per heavy atom. The summed E-state index contributed by atoms with van der Waals surface area (Å²) in [4.78, 5) is 12.2. The third-order valence-electron chi connectivity index (χ3n) is 5.71. The molecule has 0 aliphatic carbocycles.